The van der Waals surface area contributed by atoms with E-state index in [2.05, 4.69) is 88.7 Å². The van der Waals surface area contributed by atoms with Gasteiger partial charge in [0.2, 0.25) is 0 Å². The van der Waals surface area contributed by atoms with Gasteiger partial charge in [-0.15, -0.1) is 0 Å². The number of benzene rings is 7. The largest absolute Gasteiger partial charge is 0.456 e. The molecule has 0 bridgehead atoms. The maximum atomic E-state index is 8.89. The number of rotatable bonds is 2. The summed E-state index contributed by atoms with van der Waals surface area (Å²) in [6.45, 7) is 0. The molecule has 2 heteroatoms. The lowest BCUT2D eigenvalue weighted by molar-refractivity contribution is 0.669. The fourth-order valence-corrected chi connectivity index (χ4v) is 6.13. The zero-order valence-electron chi connectivity index (χ0n) is 25.9. The van der Waals surface area contributed by atoms with E-state index in [9.17, 15) is 0 Å². The third kappa shape index (κ3) is 3.24. The molecule has 0 N–H and O–H groups in total. The molecule has 0 spiro atoms. The molecule has 0 amide bonds. The first kappa shape index (κ1) is 16.4. The monoisotopic (exact) mass is 554 g/mol. The second kappa shape index (κ2) is 8.31. The summed E-state index contributed by atoms with van der Waals surface area (Å²) >= 11 is 3.83. The first-order valence-corrected chi connectivity index (χ1v) is 13.1. The molecule has 0 aliphatic heterocycles. The van der Waals surface area contributed by atoms with Gasteiger partial charge >= 0.3 is 0 Å². The smallest absolute Gasteiger partial charge is 0.136 e. The molecule has 7 aromatic carbocycles. The van der Waals surface area contributed by atoms with Crippen LogP contribution in [0.25, 0.3) is 76.5 Å². The van der Waals surface area contributed by atoms with Crippen molar-refractivity contribution in [1.29, 1.82) is 0 Å². The summed E-state index contributed by atoms with van der Waals surface area (Å²) in [7, 11) is 0. The van der Waals surface area contributed by atoms with Gasteiger partial charge in [-0.05, 0) is 94.7 Å². The molecule has 178 valence electrons. The molecule has 1 heterocycles. The maximum absolute atomic E-state index is 8.89. The molecule has 0 unspecified atom stereocenters. The average Bonchev–Trinajstić information content (AvgIpc) is 3.44. The summed E-state index contributed by atoms with van der Waals surface area (Å²) in [6, 6.07) is 29.2. The number of hydrogen-bond donors (Lipinski definition) is 0. The Bertz CT molecular complexity index is 2460. The molecule has 1 nitrogen and oxygen atoms in total. The summed E-state index contributed by atoms with van der Waals surface area (Å²) in [5.74, 6) is 0. The molecule has 0 saturated heterocycles. The molecular weight excluding hydrogens is 528 g/mol. The highest BCUT2D eigenvalue weighted by Gasteiger charge is 2.14. The molecule has 8 rings (SSSR count). The average molecular weight is 556 g/mol. The van der Waals surface area contributed by atoms with Gasteiger partial charge in [0.05, 0.1) is 8.22 Å². The minimum atomic E-state index is -0.430. The predicted octanol–water partition coefficient (Wildman–Crippen LogP) is 11.1. The van der Waals surface area contributed by atoms with Crippen molar-refractivity contribution < 1.29 is 12.6 Å². The van der Waals surface area contributed by atoms with Crippen molar-refractivity contribution in [3.63, 3.8) is 0 Å². The zero-order chi connectivity index (χ0) is 30.4. The van der Waals surface area contributed by atoms with Crippen molar-refractivity contribution in [3.8, 4) is 22.3 Å². The fourth-order valence-electron chi connectivity index (χ4n) is 5.44. The summed E-state index contributed by atoms with van der Waals surface area (Å²) in [6.07, 6.45) is 0. The van der Waals surface area contributed by atoms with E-state index < -0.39 is 12.1 Å². The fraction of sp³-hybridized carbons (Fsp3) is 0. The molecule has 0 saturated carbocycles. The minimum absolute atomic E-state index is 0.00337. The topological polar surface area (TPSA) is 13.1 Å². The van der Waals surface area contributed by atoms with Crippen molar-refractivity contribution in [2.24, 2.45) is 0 Å². The normalized spacial score (nSPS) is 14.0. The first-order valence-electron chi connectivity index (χ1n) is 15.3. The molecule has 0 aliphatic carbocycles. The van der Waals surface area contributed by atoms with Gasteiger partial charge in [-0.2, -0.15) is 0 Å². The highest BCUT2D eigenvalue weighted by atomic mass is 79.9. The Morgan fingerprint density at radius 1 is 0.526 bits per heavy atom. The number of halogens is 1. The Morgan fingerprint density at radius 2 is 1.11 bits per heavy atom. The zero-order valence-corrected chi connectivity index (χ0v) is 21.5. The van der Waals surface area contributed by atoms with Crippen LogP contribution in [0.1, 0.15) is 8.22 Å². The van der Waals surface area contributed by atoms with Gasteiger partial charge in [-0.1, -0.05) is 103 Å². The number of hydrogen-bond acceptors (Lipinski definition) is 1. The van der Waals surface area contributed by atoms with Gasteiger partial charge < -0.3 is 4.42 Å². The summed E-state index contributed by atoms with van der Waals surface area (Å²) < 4.78 is 57.8. The minimum Gasteiger partial charge on any atom is -0.456 e. The Balaban J connectivity index is 1.29. The van der Waals surface area contributed by atoms with Gasteiger partial charge in [0.1, 0.15) is 11.2 Å². The van der Waals surface area contributed by atoms with Crippen LogP contribution in [0.2, 0.25) is 0 Å². The van der Waals surface area contributed by atoms with E-state index in [-0.39, 0.29) is 40.5 Å². The van der Waals surface area contributed by atoms with Crippen LogP contribution in [-0.2, 0) is 0 Å². The second-order valence-electron chi connectivity index (χ2n) is 9.37. The molecule has 0 atom stereocenters. The standard InChI is InChI=1S/C36H21BrO/c37-36-30-11-5-3-9-28(30)35(29-10-4-6-12-31(29)36)23-15-13-22(14-16-23)26-17-18-27-32-19-24-7-1-2-8-25(24)20-34(32)38-33(27)21-26/h1-21H/i1D,2D,7D,8D,19D,20D. The van der Waals surface area contributed by atoms with Gasteiger partial charge in [-0.3, -0.25) is 0 Å². The van der Waals surface area contributed by atoms with Crippen LogP contribution in [0.3, 0.4) is 0 Å². The Morgan fingerprint density at radius 3 is 1.79 bits per heavy atom. The molecule has 0 fully saturated rings. The molecule has 0 radical (unpaired) electrons. The maximum Gasteiger partial charge on any atom is 0.136 e. The first-order chi connectivity index (χ1) is 21.3. The highest BCUT2D eigenvalue weighted by Crippen LogP contribution is 2.42. The summed E-state index contributed by atoms with van der Waals surface area (Å²) in [5.41, 5.74) is 4.78. The van der Waals surface area contributed by atoms with Gasteiger partial charge in [0.25, 0.3) is 0 Å². The third-order valence-electron chi connectivity index (χ3n) is 7.24. The van der Waals surface area contributed by atoms with Crippen LogP contribution >= 0.6 is 15.9 Å². The third-order valence-corrected chi connectivity index (χ3v) is 8.09. The van der Waals surface area contributed by atoms with E-state index in [1.54, 1.807) is 0 Å². The molecule has 1 aromatic heterocycles. The van der Waals surface area contributed by atoms with E-state index in [0.29, 0.717) is 16.4 Å². The van der Waals surface area contributed by atoms with Crippen LogP contribution in [0.4, 0.5) is 0 Å². The molecule has 0 aliphatic rings. The van der Waals surface area contributed by atoms with E-state index >= 15 is 0 Å². The van der Waals surface area contributed by atoms with E-state index in [1.165, 1.54) is 16.3 Å². The van der Waals surface area contributed by atoms with Gasteiger partial charge in [0.15, 0.2) is 0 Å². The lowest BCUT2D eigenvalue weighted by atomic mass is 9.91. The molecule has 8 aromatic rings. The van der Waals surface area contributed by atoms with E-state index in [4.69, 9.17) is 12.6 Å². The Hall–Kier alpha value is -4.40. The van der Waals surface area contributed by atoms with Crippen LogP contribution < -0.4 is 0 Å². The van der Waals surface area contributed by atoms with Crippen LogP contribution in [0.5, 0.6) is 0 Å². The van der Waals surface area contributed by atoms with Crippen molar-refractivity contribution >= 4 is 70.2 Å². The Kier molecular flexibility index (Phi) is 3.59. The summed E-state index contributed by atoms with van der Waals surface area (Å²) in [4.78, 5) is 0. The SMILES string of the molecule is [2H]c1c([2H])c([2H])c2c([2H])c3c(oc4cc(-c5ccc(-c6c7ccccc7c(Br)c7ccccc67)cc5)ccc43)c([2H])c2c1[2H]. The van der Waals surface area contributed by atoms with Crippen molar-refractivity contribution in [3.05, 3.63) is 132 Å². The van der Waals surface area contributed by atoms with Gasteiger partial charge in [0, 0.05) is 15.2 Å². The molecule has 38 heavy (non-hydrogen) atoms. The lowest BCUT2D eigenvalue weighted by Crippen LogP contribution is -1.88. The van der Waals surface area contributed by atoms with Crippen molar-refractivity contribution in [2.45, 2.75) is 0 Å². The van der Waals surface area contributed by atoms with Crippen molar-refractivity contribution in [2.75, 3.05) is 0 Å². The predicted molar refractivity (Wildman–Crippen MR) is 165 cm³/mol. The number of furan rings is 1. The lowest BCUT2D eigenvalue weighted by Gasteiger charge is -2.14. The second-order valence-corrected chi connectivity index (χ2v) is 10.2. The highest BCUT2D eigenvalue weighted by molar-refractivity contribution is 9.10. The van der Waals surface area contributed by atoms with Gasteiger partial charge in [-0.25, -0.2) is 0 Å². The van der Waals surface area contributed by atoms with E-state index in [1.807, 2.05) is 18.2 Å². The Labute approximate surface area is 236 Å². The van der Waals surface area contributed by atoms with Crippen LogP contribution in [0.15, 0.2) is 136 Å². The molecular formula is C36H21BrO. The van der Waals surface area contributed by atoms with E-state index in [0.717, 1.165) is 31.9 Å². The van der Waals surface area contributed by atoms with Crippen LogP contribution in [-0.4, -0.2) is 0 Å². The van der Waals surface area contributed by atoms with Crippen LogP contribution in [0, 0.1) is 0 Å². The quantitative estimate of drug-likeness (QED) is 0.193. The van der Waals surface area contributed by atoms with Crippen molar-refractivity contribution in [1.82, 2.24) is 0 Å². The summed E-state index contributed by atoms with van der Waals surface area (Å²) in [5, 5.41) is 5.68. The number of fused-ring (bicyclic) bond motifs is 6.